The van der Waals surface area contributed by atoms with Crippen molar-refractivity contribution in [1.29, 1.82) is 0 Å². The first kappa shape index (κ1) is 37.3. The summed E-state index contributed by atoms with van der Waals surface area (Å²) in [6.07, 6.45) is 0. The standard InChI is InChI=1S/C62H42N2/c1-2-16-48(17-3-1)57-42-51(54-22-8-11-25-59(54)64-60-26-12-9-23-55(60)56-24-10-13-27-61(56)64)37-40-62(57)63(58-28-14-20-47-18-6-7-21-53(47)58)52-38-35-45(36-39-52)44-29-31-46(32-30-44)50-34-33-43-15-4-5-19-49(43)41-50/h1-42H. The Morgan fingerprint density at radius 3 is 1.53 bits per heavy atom. The largest absolute Gasteiger partial charge is 0.309 e. The molecule has 0 saturated heterocycles. The molecule has 12 aromatic rings. The summed E-state index contributed by atoms with van der Waals surface area (Å²) in [5.41, 5.74) is 16.3. The molecule has 0 radical (unpaired) electrons. The average Bonchev–Trinajstić information content (AvgIpc) is 3.71. The summed E-state index contributed by atoms with van der Waals surface area (Å²) >= 11 is 0. The molecule has 0 amide bonds. The first-order valence-electron chi connectivity index (χ1n) is 22.0. The van der Waals surface area contributed by atoms with Gasteiger partial charge < -0.3 is 9.47 Å². The Bertz CT molecular complexity index is 3600. The fourth-order valence-corrected chi connectivity index (χ4v) is 9.68. The van der Waals surface area contributed by atoms with Crippen molar-refractivity contribution in [2.24, 2.45) is 0 Å². The van der Waals surface area contributed by atoms with Crippen molar-refractivity contribution in [2.45, 2.75) is 0 Å². The first-order chi connectivity index (χ1) is 31.7. The van der Waals surface area contributed by atoms with Gasteiger partial charge in [0.15, 0.2) is 0 Å². The molecule has 0 aliphatic carbocycles. The third-order valence-electron chi connectivity index (χ3n) is 12.8. The van der Waals surface area contributed by atoms with Crippen LogP contribution in [0.15, 0.2) is 255 Å². The van der Waals surface area contributed by atoms with Gasteiger partial charge in [0.25, 0.3) is 0 Å². The smallest absolute Gasteiger partial charge is 0.0541 e. The van der Waals surface area contributed by atoms with E-state index < -0.39 is 0 Å². The zero-order valence-corrected chi connectivity index (χ0v) is 35.1. The van der Waals surface area contributed by atoms with Crippen LogP contribution in [0.4, 0.5) is 17.1 Å². The summed E-state index contributed by atoms with van der Waals surface area (Å²) in [7, 11) is 0. The van der Waals surface area contributed by atoms with E-state index in [9.17, 15) is 0 Å². The van der Waals surface area contributed by atoms with Crippen LogP contribution in [0.3, 0.4) is 0 Å². The molecule has 0 aliphatic heterocycles. The molecule has 12 rings (SSSR count). The van der Waals surface area contributed by atoms with Gasteiger partial charge >= 0.3 is 0 Å². The fraction of sp³-hybridized carbons (Fsp3) is 0. The number of hydrogen-bond donors (Lipinski definition) is 0. The Hall–Kier alpha value is -8.46. The van der Waals surface area contributed by atoms with Crippen molar-refractivity contribution in [3.63, 3.8) is 0 Å². The van der Waals surface area contributed by atoms with Gasteiger partial charge in [0, 0.05) is 33.0 Å². The van der Waals surface area contributed by atoms with Crippen LogP contribution < -0.4 is 4.90 Å². The lowest BCUT2D eigenvalue weighted by molar-refractivity contribution is 1.18. The molecule has 11 aromatic carbocycles. The zero-order valence-electron chi connectivity index (χ0n) is 35.1. The monoisotopic (exact) mass is 814 g/mol. The lowest BCUT2D eigenvalue weighted by Gasteiger charge is -2.30. The van der Waals surface area contributed by atoms with Crippen molar-refractivity contribution in [3.8, 4) is 50.2 Å². The van der Waals surface area contributed by atoms with Crippen molar-refractivity contribution in [1.82, 2.24) is 4.57 Å². The van der Waals surface area contributed by atoms with E-state index in [1.54, 1.807) is 0 Å². The van der Waals surface area contributed by atoms with Crippen molar-refractivity contribution in [3.05, 3.63) is 255 Å². The van der Waals surface area contributed by atoms with Gasteiger partial charge in [-0.05, 0) is 104 Å². The molecule has 1 heterocycles. The summed E-state index contributed by atoms with van der Waals surface area (Å²) < 4.78 is 2.43. The Morgan fingerprint density at radius 2 is 0.797 bits per heavy atom. The highest BCUT2D eigenvalue weighted by Crippen LogP contribution is 2.46. The molecule has 2 heteroatoms. The van der Waals surface area contributed by atoms with Gasteiger partial charge in [-0.15, -0.1) is 0 Å². The van der Waals surface area contributed by atoms with Gasteiger partial charge in [0.2, 0.25) is 0 Å². The maximum atomic E-state index is 2.44. The topological polar surface area (TPSA) is 8.17 Å². The quantitative estimate of drug-likeness (QED) is 0.148. The summed E-state index contributed by atoms with van der Waals surface area (Å²) in [5.74, 6) is 0. The van der Waals surface area contributed by atoms with Crippen LogP contribution in [0.25, 0.3) is 93.5 Å². The van der Waals surface area contributed by atoms with Crippen LogP contribution in [-0.4, -0.2) is 4.57 Å². The molecule has 0 spiro atoms. The minimum atomic E-state index is 1.09. The third-order valence-corrected chi connectivity index (χ3v) is 12.8. The Labute approximate surface area is 373 Å². The fourth-order valence-electron chi connectivity index (χ4n) is 9.68. The highest BCUT2D eigenvalue weighted by atomic mass is 15.1. The van der Waals surface area contributed by atoms with E-state index in [1.165, 1.54) is 71.2 Å². The zero-order chi connectivity index (χ0) is 42.4. The summed E-state index contributed by atoms with van der Waals surface area (Å²) in [4.78, 5) is 2.44. The predicted molar refractivity (Wildman–Crippen MR) is 272 cm³/mol. The number of hydrogen-bond acceptors (Lipinski definition) is 1. The molecule has 0 bridgehead atoms. The molecule has 0 unspecified atom stereocenters. The number of fused-ring (bicyclic) bond motifs is 5. The van der Waals surface area contributed by atoms with Crippen LogP contribution in [-0.2, 0) is 0 Å². The van der Waals surface area contributed by atoms with Gasteiger partial charge in [-0.1, -0.05) is 200 Å². The molecule has 64 heavy (non-hydrogen) atoms. The van der Waals surface area contributed by atoms with Crippen LogP contribution >= 0.6 is 0 Å². The van der Waals surface area contributed by atoms with Crippen molar-refractivity contribution in [2.75, 3.05) is 4.90 Å². The van der Waals surface area contributed by atoms with E-state index in [0.29, 0.717) is 0 Å². The average molecular weight is 815 g/mol. The maximum absolute atomic E-state index is 2.44. The van der Waals surface area contributed by atoms with Crippen LogP contribution in [0.5, 0.6) is 0 Å². The lowest BCUT2D eigenvalue weighted by atomic mass is 9.94. The van der Waals surface area contributed by atoms with E-state index >= 15 is 0 Å². The molecule has 0 atom stereocenters. The molecular weight excluding hydrogens is 773 g/mol. The van der Waals surface area contributed by atoms with Crippen molar-refractivity contribution >= 4 is 60.4 Å². The molecule has 0 saturated carbocycles. The number of rotatable bonds is 8. The summed E-state index contributed by atoms with van der Waals surface area (Å²) in [6.45, 7) is 0. The second kappa shape index (κ2) is 15.8. The lowest BCUT2D eigenvalue weighted by Crippen LogP contribution is -2.12. The highest BCUT2D eigenvalue weighted by Gasteiger charge is 2.22. The number of aromatic nitrogens is 1. The molecule has 1 aromatic heterocycles. The van der Waals surface area contributed by atoms with E-state index in [-0.39, 0.29) is 0 Å². The number of benzene rings is 11. The molecule has 2 nitrogen and oxygen atoms in total. The van der Waals surface area contributed by atoms with Gasteiger partial charge in [0.1, 0.15) is 0 Å². The number of nitrogens with zero attached hydrogens (tertiary/aromatic N) is 2. The summed E-state index contributed by atoms with van der Waals surface area (Å²) in [5, 5.41) is 7.41. The van der Waals surface area contributed by atoms with Gasteiger partial charge in [0.05, 0.1) is 28.1 Å². The Morgan fingerprint density at radius 1 is 0.266 bits per heavy atom. The van der Waals surface area contributed by atoms with Gasteiger partial charge in [-0.3, -0.25) is 0 Å². The van der Waals surface area contributed by atoms with Crippen LogP contribution in [0.1, 0.15) is 0 Å². The SMILES string of the molecule is c1ccc(-c2cc(-c3ccccc3-n3c4ccccc4c4ccccc43)ccc2N(c2ccc(-c3ccc(-c4ccc5ccccc5c4)cc3)cc2)c2cccc3ccccc23)cc1. The molecule has 0 fully saturated rings. The van der Waals surface area contributed by atoms with Crippen LogP contribution in [0.2, 0.25) is 0 Å². The molecule has 0 N–H and O–H groups in total. The van der Waals surface area contributed by atoms with E-state index in [1.807, 2.05) is 0 Å². The highest BCUT2D eigenvalue weighted by molar-refractivity contribution is 6.10. The Kier molecular flexibility index (Phi) is 9.20. The van der Waals surface area contributed by atoms with Gasteiger partial charge in [-0.25, -0.2) is 0 Å². The number of anilines is 3. The minimum absolute atomic E-state index is 1.09. The molecule has 300 valence electrons. The first-order valence-corrected chi connectivity index (χ1v) is 22.0. The van der Waals surface area contributed by atoms with Gasteiger partial charge in [-0.2, -0.15) is 0 Å². The Balaban J connectivity index is 0.995. The third kappa shape index (κ3) is 6.52. The van der Waals surface area contributed by atoms with E-state index in [4.69, 9.17) is 0 Å². The number of para-hydroxylation sites is 3. The van der Waals surface area contributed by atoms with Crippen molar-refractivity contribution < 1.29 is 0 Å². The molecular formula is C62H42N2. The van der Waals surface area contributed by atoms with Crippen LogP contribution in [0, 0.1) is 0 Å². The van der Waals surface area contributed by atoms with E-state index in [0.717, 1.165) is 39.4 Å². The normalized spacial score (nSPS) is 11.4. The second-order valence-corrected chi connectivity index (χ2v) is 16.5. The second-order valence-electron chi connectivity index (χ2n) is 16.5. The predicted octanol–water partition coefficient (Wildman–Crippen LogP) is 17.2. The maximum Gasteiger partial charge on any atom is 0.0541 e. The summed E-state index contributed by atoms with van der Waals surface area (Å²) in [6, 6.07) is 92.8. The molecule has 0 aliphatic rings. The van der Waals surface area contributed by atoms with E-state index in [2.05, 4.69) is 264 Å². The minimum Gasteiger partial charge on any atom is -0.309 e.